The number of nitrogens with two attached hydrogens (primary N) is 1. The Hall–Kier alpha value is -2.57. The molecule has 1 aromatic rings. The van der Waals surface area contributed by atoms with E-state index in [1.54, 1.807) is 12.1 Å². The summed E-state index contributed by atoms with van der Waals surface area (Å²) in [6.45, 7) is -0.00757. The molecule has 1 aliphatic heterocycles. The number of carboxylic acids is 1. The van der Waals surface area contributed by atoms with Crippen LogP contribution in [-0.2, 0) is 14.3 Å². The molecule has 1 heterocycles. The Morgan fingerprint density at radius 2 is 2.15 bits per heavy atom. The van der Waals surface area contributed by atoms with E-state index in [0.717, 1.165) is 0 Å². The first-order chi connectivity index (χ1) is 9.45. The second-order valence-electron chi connectivity index (χ2n) is 4.48. The molecular weight excluding hydrogens is 264 g/mol. The second kappa shape index (κ2) is 5.20. The molecule has 1 unspecified atom stereocenters. The molecule has 0 bridgehead atoms. The normalized spacial score (nSPS) is 18.1. The summed E-state index contributed by atoms with van der Waals surface area (Å²) in [5.74, 6) is -2.85. The average molecular weight is 278 g/mol. The molecule has 1 amide bonds. The van der Waals surface area contributed by atoms with Gasteiger partial charge in [0.1, 0.15) is 0 Å². The van der Waals surface area contributed by atoms with Gasteiger partial charge < -0.3 is 20.5 Å². The van der Waals surface area contributed by atoms with Gasteiger partial charge in [0.2, 0.25) is 5.91 Å². The van der Waals surface area contributed by atoms with Crippen molar-refractivity contribution in [2.24, 2.45) is 5.92 Å². The summed E-state index contributed by atoms with van der Waals surface area (Å²) in [5.41, 5.74) is 6.42. The number of carbonyl (C=O) groups excluding carboxylic acids is 2. The van der Waals surface area contributed by atoms with E-state index in [0.29, 0.717) is 0 Å². The summed E-state index contributed by atoms with van der Waals surface area (Å²) >= 11 is 0. The summed E-state index contributed by atoms with van der Waals surface area (Å²) in [6, 6.07) is 4.60. The number of anilines is 2. The zero-order chi connectivity index (χ0) is 14.9. The predicted molar refractivity (Wildman–Crippen MR) is 70.3 cm³/mol. The molecule has 1 aromatic carbocycles. The standard InChI is InChI=1S/C13H14N2O5/c1-20-13(19)8-3-2-4-9(14)11(8)15-6-7(12(17)18)5-10(15)16/h2-4,7H,5-6,14H2,1H3,(H,17,18). The van der Waals surface area contributed by atoms with Gasteiger partial charge in [-0.25, -0.2) is 4.79 Å². The third-order valence-corrected chi connectivity index (χ3v) is 3.22. The van der Waals surface area contributed by atoms with Crippen molar-refractivity contribution >= 4 is 29.2 Å². The maximum Gasteiger partial charge on any atom is 0.340 e. The number of rotatable bonds is 3. The SMILES string of the molecule is COC(=O)c1cccc(N)c1N1CC(C(=O)O)CC1=O. The van der Waals surface area contributed by atoms with E-state index in [9.17, 15) is 14.4 Å². The number of nitrogen functional groups attached to an aromatic ring is 1. The first-order valence-electron chi connectivity index (χ1n) is 5.95. The fraction of sp³-hybridized carbons (Fsp3) is 0.308. The molecule has 7 heteroatoms. The van der Waals surface area contributed by atoms with Crippen LogP contribution in [0.2, 0.25) is 0 Å². The van der Waals surface area contributed by atoms with Crippen LogP contribution in [0.4, 0.5) is 11.4 Å². The molecule has 7 nitrogen and oxygen atoms in total. The third kappa shape index (κ3) is 2.29. The van der Waals surface area contributed by atoms with Gasteiger partial charge in [0, 0.05) is 13.0 Å². The van der Waals surface area contributed by atoms with Gasteiger partial charge in [-0.3, -0.25) is 9.59 Å². The quantitative estimate of drug-likeness (QED) is 0.615. The summed E-state index contributed by atoms with van der Waals surface area (Å²) in [4.78, 5) is 35.9. The fourth-order valence-electron chi connectivity index (χ4n) is 2.23. The van der Waals surface area contributed by atoms with Crippen molar-refractivity contribution in [3.8, 4) is 0 Å². The molecule has 0 saturated carbocycles. The van der Waals surface area contributed by atoms with Gasteiger partial charge in [-0.2, -0.15) is 0 Å². The van der Waals surface area contributed by atoms with Crippen molar-refractivity contribution in [2.75, 3.05) is 24.3 Å². The number of benzene rings is 1. The van der Waals surface area contributed by atoms with Crippen LogP contribution in [0.5, 0.6) is 0 Å². The van der Waals surface area contributed by atoms with Crippen molar-refractivity contribution < 1.29 is 24.2 Å². The number of carbonyl (C=O) groups is 3. The summed E-state index contributed by atoms with van der Waals surface area (Å²) in [7, 11) is 1.22. The van der Waals surface area contributed by atoms with E-state index in [4.69, 9.17) is 10.8 Å². The third-order valence-electron chi connectivity index (χ3n) is 3.22. The first kappa shape index (κ1) is 13.9. The Bertz CT molecular complexity index is 584. The van der Waals surface area contributed by atoms with Crippen molar-refractivity contribution in [3.05, 3.63) is 23.8 Å². The Morgan fingerprint density at radius 3 is 2.70 bits per heavy atom. The molecule has 1 saturated heterocycles. The minimum atomic E-state index is -1.05. The average Bonchev–Trinajstić information content (AvgIpc) is 2.79. The van der Waals surface area contributed by atoms with Crippen LogP contribution in [0, 0.1) is 5.92 Å². The van der Waals surface area contributed by atoms with Gasteiger partial charge in [0.25, 0.3) is 0 Å². The highest BCUT2D eigenvalue weighted by molar-refractivity contribution is 6.08. The topological polar surface area (TPSA) is 110 Å². The highest BCUT2D eigenvalue weighted by Crippen LogP contribution is 2.33. The summed E-state index contributed by atoms with van der Waals surface area (Å²) in [6.07, 6.45) is -0.107. The van der Waals surface area contributed by atoms with E-state index < -0.39 is 17.9 Å². The first-order valence-corrected chi connectivity index (χ1v) is 5.95. The second-order valence-corrected chi connectivity index (χ2v) is 4.48. The minimum absolute atomic E-state index is 0.00757. The van der Waals surface area contributed by atoms with Crippen LogP contribution >= 0.6 is 0 Å². The fourth-order valence-corrected chi connectivity index (χ4v) is 2.23. The zero-order valence-electron chi connectivity index (χ0n) is 10.8. The number of amides is 1. The number of esters is 1. The van der Waals surface area contributed by atoms with Crippen LogP contribution in [0.3, 0.4) is 0 Å². The van der Waals surface area contributed by atoms with E-state index in [2.05, 4.69) is 4.74 Å². The molecule has 106 valence electrons. The Kier molecular flexibility index (Phi) is 3.60. The monoisotopic (exact) mass is 278 g/mol. The van der Waals surface area contributed by atoms with E-state index >= 15 is 0 Å². The number of nitrogens with zero attached hydrogens (tertiary/aromatic N) is 1. The maximum absolute atomic E-state index is 12.0. The number of aliphatic carboxylic acids is 1. The number of methoxy groups -OCH3 is 1. The van der Waals surface area contributed by atoms with Gasteiger partial charge in [-0.15, -0.1) is 0 Å². The molecule has 1 fully saturated rings. The lowest BCUT2D eigenvalue weighted by atomic mass is 10.1. The van der Waals surface area contributed by atoms with Gasteiger partial charge in [0.05, 0.1) is 30.0 Å². The summed E-state index contributed by atoms with van der Waals surface area (Å²) < 4.78 is 4.65. The number of ether oxygens (including phenoxy) is 1. The molecule has 1 atom stereocenters. The van der Waals surface area contributed by atoms with Crippen molar-refractivity contribution in [3.63, 3.8) is 0 Å². The summed E-state index contributed by atoms with van der Waals surface area (Å²) in [5, 5.41) is 8.99. The molecule has 0 radical (unpaired) electrons. The van der Waals surface area contributed by atoms with E-state index in [-0.39, 0.29) is 35.8 Å². The van der Waals surface area contributed by atoms with Crippen molar-refractivity contribution in [2.45, 2.75) is 6.42 Å². The van der Waals surface area contributed by atoms with Crippen molar-refractivity contribution in [1.82, 2.24) is 0 Å². The Balaban J connectivity index is 2.45. The van der Waals surface area contributed by atoms with E-state index in [1.165, 1.54) is 18.1 Å². The zero-order valence-corrected chi connectivity index (χ0v) is 10.8. The van der Waals surface area contributed by atoms with Gasteiger partial charge >= 0.3 is 11.9 Å². The number of carboxylic acid groups (broad SMARTS) is 1. The molecule has 0 aromatic heterocycles. The van der Waals surface area contributed by atoms with Gasteiger partial charge in [-0.05, 0) is 12.1 Å². The molecular formula is C13H14N2O5. The highest BCUT2D eigenvalue weighted by atomic mass is 16.5. The largest absolute Gasteiger partial charge is 0.481 e. The number of hydrogen-bond donors (Lipinski definition) is 2. The lowest BCUT2D eigenvalue weighted by molar-refractivity contribution is -0.141. The van der Waals surface area contributed by atoms with Crippen molar-refractivity contribution in [1.29, 1.82) is 0 Å². The molecule has 0 aliphatic carbocycles. The lowest BCUT2D eigenvalue weighted by Gasteiger charge is -2.21. The van der Waals surface area contributed by atoms with Crippen LogP contribution in [0.25, 0.3) is 0 Å². The van der Waals surface area contributed by atoms with Crippen LogP contribution in [0.1, 0.15) is 16.8 Å². The molecule has 20 heavy (non-hydrogen) atoms. The van der Waals surface area contributed by atoms with Gasteiger partial charge in [-0.1, -0.05) is 6.07 Å². The molecule has 3 N–H and O–H groups in total. The Labute approximate surface area is 114 Å². The molecule has 1 aliphatic rings. The van der Waals surface area contributed by atoms with Crippen LogP contribution in [-0.4, -0.2) is 36.6 Å². The van der Waals surface area contributed by atoms with Crippen LogP contribution < -0.4 is 10.6 Å². The number of para-hydroxylation sites is 1. The molecule has 2 rings (SSSR count). The van der Waals surface area contributed by atoms with Crippen LogP contribution in [0.15, 0.2) is 18.2 Å². The molecule has 0 spiro atoms. The minimum Gasteiger partial charge on any atom is -0.481 e. The number of hydrogen-bond acceptors (Lipinski definition) is 5. The smallest absolute Gasteiger partial charge is 0.340 e. The van der Waals surface area contributed by atoms with E-state index in [1.807, 2.05) is 0 Å². The highest BCUT2D eigenvalue weighted by Gasteiger charge is 2.37. The maximum atomic E-state index is 12.0. The predicted octanol–water partition coefficient (Wildman–Crippen LogP) is 0.493. The lowest BCUT2D eigenvalue weighted by Crippen LogP contribution is -2.28. The van der Waals surface area contributed by atoms with Gasteiger partial charge in [0.15, 0.2) is 0 Å². The Morgan fingerprint density at radius 1 is 1.45 bits per heavy atom.